The minimum Gasteiger partial charge on any atom is -0.360 e. The Balaban J connectivity index is 1.97. The number of benzene rings is 2. The third-order valence-corrected chi connectivity index (χ3v) is 4.46. The molecule has 1 heterocycles. The summed E-state index contributed by atoms with van der Waals surface area (Å²) in [6, 6.07) is 13.2. The molecule has 1 N–H and O–H groups in total. The van der Waals surface area contributed by atoms with Gasteiger partial charge in [0, 0.05) is 33.4 Å². The average molecular weight is 300 g/mol. The van der Waals surface area contributed by atoms with E-state index in [-0.39, 0.29) is 5.82 Å². The summed E-state index contributed by atoms with van der Waals surface area (Å²) < 4.78 is 13.5. The van der Waals surface area contributed by atoms with Crippen LogP contribution in [-0.4, -0.2) is 24.0 Å². The Labute approximate surface area is 128 Å². The number of aromatic nitrogens is 1. The van der Waals surface area contributed by atoms with Crippen molar-refractivity contribution in [3.05, 3.63) is 60.0 Å². The topological polar surface area (TPSA) is 19.0 Å². The molecule has 0 aliphatic heterocycles. The summed E-state index contributed by atoms with van der Waals surface area (Å²) in [7, 11) is 4.12. The summed E-state index contributed by atoms with van der Waals surface area (Å²) in [4.78, 5) is 7.60. The first kappa shape index (κ1) is 14.2. The highest BCUT2D eigenvalue weighted by Crippen LogP contribution is 2.35. The van der Waals surface area contributed by atoms with Crippen LogP contribution in [0.15, 0.2) is 58.5 Å². The minimum absolute atomic E-state index is 0.203. The van der Waals surface area contributed by atoms with Gasteiger partial charge in [-0.1, -0.05) is 30.0 Å². The quantitative estimate of drug-likeness (QED) is 0.764. The normalized spacial score (nSPS) is 11.4. The van der Waals surface area contributed by atoms with Crippen molar-refractivity contribution < 1.29 is 4.39 Å². The lowest BCUT2D eigenvalue weighted by Crippen LogP contribution is -2.11. The molecular formula is C17H17FN2S. The maximum atomic E-state index is 13.5. The zero-order valence-electron chi connectivity index (χ0n) is 12.1. The molecule has 4 heteroatoms. The Kier molecular flexibility index (Phi) is 3.99. The number of nitrogens with zero attached hydrogens (tertiary/aromatic N) is 1. The first-order valence-corrected chi connectivity index (χ1v) is 7.62. The molecule has 3 rings (SSSR count). The standard InChI is InChI=1S/C17H17FN2S/c1-20(2)11-12-5-3-4-6-16(12)21-17-10-19-15-8-7-13(18)9-14(15)17/h3-10,19H,11H2,1-2H3. The lowest BCUT2D eigenvalue weighted by molar-refractivity contribution is 0.399. The zero-order chi connectivity index (χ0) is 14.8. The Hall–Kier alpha value is -1.78. The highest BCUT2D eigenvalue weighted by Gasteiger charge is 2.09. The molecule has 0 aliphatic carbocycles. The van der Waals surface area contributed by atoms with Crippen molar-refractivity contribution in [3.8, 4) is 0 Å². The monoisotopic (exact) mass is 300 g/mol. The Bertz CT molecular complexity index is 764. The lowest BCUT2D eigenvalue weighted by Gasteiger charge is -2.13. The second kappa shape index (κ2) is 5.92. The second-order valence-corrected chi connectivity index (χ2v) is 6.37. The maximum Gasteiger partial charge on any atom is 0.123 e. The number of aromatic amines is 1. The smallest absolute Gasteiger partial charge is 0.123 e. The first-order valence-electron chi connectivity index (χ1n) is 6.80. The molecule has 0 amide bonds. The fourth-order valence-corrected chi connectivity index (χ4v) is 3.39. The van der Waals surface area contributed by atoms with Gasteiger partial charge in [-0.3, -0.25) is 0 Å². The van der Waals surface area contributed by atoms with Crippen LogP contribution in [0.5, 0.6) is 0 Å². The van der Waals surface area contributed by atoms with Crippen molar-refractivity contribution in [2.45, 2.75) is 16.3 Å². The van der Waals surface area contributed by atoms with Crippen LogP contribution in [0.25, 0.3) is 10.9 Å². The van der Waals surface area contributed by atoms with Gasteiger partial charge in [0.25, 0.3) is 0 Å². The van der Waals surface area contributed by atoms with E-state index in [9.17, 15) is 4.39 Å². The highest BCUT2D eigenvalue weighted by atomic mass is 32.2. The molecule has 0 fully saturated rings. The van der Waals surface area contributed by atoms with Crippen molar-refractivity contribution in [2.75, 3.05) is 14.1 Å². The van der Waals surface area contributed by atoms with Crippen molar-refractivity contribution in [3.63, 3.8) is 0 Å². The van der Waals surface area contributed by atoms with E-state index < -0.39 is 0 Å². The fraction of sp³-hybridized carbons (Fsp3) is 0.176. The summed E-state index contributed by atoms with van der Waals surface area (Å²) in [5, 5.41) is 0.930. The van der Waals surface area contributed by atoms with Crippen LogP contribution in [0.3, 0.4) is 0 Å². The molecule has 0 unspecified atom stereocenters. The zero-order valence-corrected chi connectivity index (χ0v) is 12.9. The summed E-state index contributed by atoms with van der Waals surface area (Å²) in [5.74, 6) is -0.203. The molecule has 0 spiro atoms. The van der Waals surface area contributed by atoms with Gasteiger partial charge in [-0.05, 0) is 43.9 Å². The molecule has 0 atom stereocenters. The maximum absolute atomic E-state index is 13.5. The van der Waals surface area contributed by atoms with Crippen LogP contribution in [0.1, 0.15) is 5.56 Å². The van der Waals surface area contributed by atoms with Gasteiger partial charge >= 0.3 is 0 Å². The number of nitrogens with one attached hydrogen (secondary N) is 1. The number of fused-ring (bicyclic) bond motifs is 1. The first-order chi connectivity index (χ1) is 10.1. The molecule has 2 nitrogen and oxygen atoms in total. The van der Waals surface area contributed by atoms with E-state index in [4.69, 9.17) is 0 Å². The van der Waals surface area contributed by atoms with E-state index in [1.54, 1.807) is 23.9 Å². The van der Waals surface area contributed by atoms with Gasteiger partial charge in [0.05, 0.1) is 0 Å². The molecule has 0 bridgehead atoms. The molecular weight excluding hydrogens is 283 g/mol. The Morgan fingerprint density at radius 3 is 2.71 bits per heavy atom. The van der Waals surface area contributed by atoms with E-state index in [0.29, 0.717) is 0 Å². The minimum atomic E-state index is -0.203. The third-order valence-electron chi connectivity index (χ3n) is 3.28. The van der Waals surface area contributed by atoms with Crippen LogP contribution in [-0.2, 0) is 6.54 Å². The second-order valence-electron chi connectivity index (χ2n) is 5.29. The SMILES string of the molecule is CN(C)Cc1ccccc1Sc1c[nH]c2ccc(F)cc12. The molecule has 21 heavy (non-hydrogen) atoms. The van der Waals surface area contributed by atoms with E-state index >= 15 is 0 Å². The van der Waals surface area contributed by atoms with Crippen molar-refractivity contribution in [2.24, 2.45) is 0 Å². The van der Waals surface area contributed by atoms with Crippen LogP contribution in [0, 0.1) is 5.82 Å². The predicted molar refractivity (Wildman–Crippen MR) is 86.2 cm³/mol. The molecule has 1 aromatic heterocycles. The molecule has 3 aromatic rings. The number of H-pyrrole nitrogens is 1. The Morgan fingerprint density at radius 1 is 1.10 bits per heavy atom. The number of hydrogen-bond acceptors (Lipinski definition) is 2. The van der Waals surface area contributed by atoms with Gasteiger partial charge in [0.15, 0.2) is 0 Å². The number of rotatable bonds is 4. The third kappa shape index (κ3) is 3.12. The van der Waals surface area contributed by atoms with Crippen molar-refractivity contribution in [1.29, 1.82) is 0 Å². The van der Waals surface area contributed by atoms with Crippen molar-refractivity contribution >= 4 is 22.7 Å². The molecule has 0 saturated carbocycles. The summed E-state index contributed by atoms with van der Waals surface area (Å²) in [6.45, 7) is 0.889. The lowest BCUT2D eigenvalue weighted by atomic mass is 10.2. The van der Waals surface area contributed by atoms with E-state index in [1.807, 2.05) is 12.3 Å². The van der Waals surface area contributed by atoms with Gasteiger partial charge in [-0.2, -0.15) is 0 Å². The molecule has 2 aromatic carbocycles. The van der Waals surface area contributed by atoms with Gasteiger partial charge in [0.2, 0.25) is 0 Å². The molecule has 0 aliphatic rings. The summed E-state index contributed by atoms with van der Waals surface area (Å²) in [5.41, 5.74) is 2.24. The van der Waals surface area contributed by atoms with E-state index in [0.717, 1.165) is 22.3 Å². The van der Waals surface area contributed by atoms with Gasteiger partial charge in [-0.25, -0.2) is 4.39 Å². The van der Waals surface area contributed by atoms with Gasteiger partial charge in [0.1, 0.15) is 5.82 Å². The summed E-state index contributed by atoms with van der Waals surface area (Å²) >= 11 is 1.68. The van der Waals surface area contributed by atoms with Crippen LogP contribution in [0.4, 0.5) is 4.39 Å². The van der Waals surface area contributed by atoms with Crippen LogP contribution >= 0.6 is 11.8 Å². The average Bonchev–Trinajstić information content (AvgIpc) is 2.83. The molecule has 108 valence electrons. The Morgan fingerprint density at radius 2 is 1.90 bits per heavy atom. The molecule has 0 radical (unpaired) electrons. The highest BCUT2D eigenvalue weighted by molar-refractivity contribution is 7.99. The van der Waals surface area contributed by atoms with Crippen molar-refractivity contribution in [1.82, 2.24) is 9.88 Å². The number of hydrogen-bond donors (Lipinski definition) is 1. The van der Waals surface area contributed by atoms with Crippen LogP contribution in [0.2, 0.25) is 0 Å². The summed E-state index contributed by atoms with van der Waals surface area (Å²) in [6.07, 6.45) is 1.95. The number of halogens is 1. The largest absolute Gasteiger partial charge is 0.360 e. The predicted octanol–water partition coefficient (Wildman–Crippen LogP) is 4.52. The van der Waals surface area contributed by atoms with Gasteiger partial charge < -0.3 is 9.88 Å². The molecule has 0 saturated heterocycles. The van der Waals surface area contributed by atoms with E-state index in [2.05, 4.69) is 42.2 Å². The fourth-order valence-electron chi connectivity index (χ4n) is 2.34. The van der Waals surface area contributed by atoms with Gasteiger partial charge in [-0.15, -0.1) is 0 Å². The van der Waals surface area contributed by atoms with Crippen LogP contribution < -0.4 is 0 Å². The van der Waals surface area contributed by atoms with E-state index in [1.165, 1.54) is 16.5 Å².